The highest BCUT2D eigenvalue weighted by atomic mass is 16.1. The highest BCUT2D eigenvalue weighted by Gasteiger charge is 2.07. The van der Waals surface area contributed by atoms with Crippen LogP contribution in [-0.4, -0.2) is 21.5 Å². The minimum atomic E-state index is -0.151. The molecule has 2 aromatic rings. The molecule has 17 heavy (non-hydrogen) atoms. The number of hydrogen-bond acceptors (Lipinski definition) is 3. The summed E-state index contributed by atoms with van der Waals surface area (Å²) in [5.41, 5.74) is 6.33. The summed E-state index contributed by atoms with van der Waals surface area (Å²) < 4.78 is 2.95. The van der Waals surface area contributed by atoms with Gasteiger partial charge in [0.05, 0.1) is 12.2 Å². The van der Waals surface area contributed by atoms with Gasteiger partial charge in [0.1, 0.15) is 0 Å². The molecule has 2 N–H and O–H groups in total. The second-order valence-electron chi connectivity index (χ2n) is 3.74. The Kier molecular flexibility index (Phi) is 2.93. The van der Waals surface area contributed by atoms with Crippen LogP contribution in [0, 0.1) is 0 Å². The number of hydrogen-bond donors (Lipinski definition) is 1. The zero-order chi connectivity index (χ0) is 12.4. The quantitative estimate of drug-likeness (QED) is 0.773. The second kappa shape index (κ2) is 4.39. The van der Waals surface area contributed by atoms with Crippen LogP contribution in [0.2, 0.25) is 0 Å². The highest BCUT2D eigenvalue weighted by Crippen LogP contribution is 2.09. The highest BCUT2D eigenvalue weighted by molar-refractivity contribution is 5.97. The number of carbonyl (C=O) groups excluding carboxylic acids is 1. The summed E-state index contributed by atoms with van der Waals surface area (Å²) in [5, 5.41) is 0. The fourth-order valence-electron chi connectivity index (χ4n) is 1.61. The molecule has 0 saturated carbocycles. The van der Waals surface area contributed by atoms with E-state index in [1.807, 2.05) is 0 Å². The molecule has 0 spiro atoms. The summed E-state index contributed by atoms with van der Waals surface area (Å²) in [6, 6.07) is 6.86. The van der Waals surface area contributed by atoms with Gasteiger partial charge in [0.15, 0.2) is 5.78 Å². The maximum absolute atomic E-state index is 11.7. The van der Waals surface area contributed by atoms with Crippen LogP contribution in [0.5, 0.6) is 0 Å². The molecule has 5 nitrogen and oxygen atoms in total. The maximum Gasteiger partial charge on any atom is 0.332 e. The van der Waals surface area contributed by atoms with Crippen molar-refractivity contribution in [3.05, 3.63) is 52.7 Å². The predicted octanol–water partition coefficient (Wildman–Crippen LogP) is 0.317. The first-order valence-corrected chi connectivity index (χ1v) is 5.21. The van der Waals surface area contributed by atoms with E-state index >= 15 is 0 Å². The molecule has 0 unspecified atom stereocenters. The van der Waals surface area contributed by atoms with Crippen molar-refractivity contribution in [3.63, 3.8) is 0 Å². The van der Waals surface area contributed by atoms with Crippen LogP contribution in [0.1, 0.15) is 10.4 Å². The average molecular weight is 231 g/mol. The normalized spacial score (nSPS) is 10.5. The molecule has 1 aromatic heterocycles. The van der Waals surface area contributed by atoms with Crippen LogP contribution in [0.25, 0.3) is 5.69 Å². The molecule has 0 fully saturated rings. The Bertz CT molecular complexity index is 610. The molecule has 0 bridgehead atoms. The number of nitrogens with two attached hydrogens (primary N) is 1. The van der Waals surface area contributed by atoms with E-state index in [2.05, 4.69) is 0 Å². The largest absolute Gasteiger partial charge is 0.332 e. The van der Waals surface area contributed by atoms with Crippen LogP contribution in [0.15, 0.2) is 41.5 Å². The van der Waals surface area contributed by atoms with Gasteiger partial charge in [-0.05, 0) is 12.1 Å². The maximum atomic E-state index is 11.7. The Morgan fingerprint density at radius 3 is 2.71 bits per heavy atom. The van der Waals surface area contributed by atoms with Gasteiger partial charge in [0.2, 0.25) is 0 Å². The molecule has 2 rings (SSSR count). The van der Waals surface area contributed by atoms with Gasteiger partial charge in [0.25, 0.3) is 0 Å². The molecule has 88 valence electrons. The van der Waals surface area contributed by atoms with E-state index in [1.54, 1.807) is 43.7 Å². The van der Waals surface area contributed by atoms with E-state index in [4.69, 9.17) is 5.73 Å². The van der Waals surface area contributed by atoms with Crippen molar-refractivity contribution in [1.29, 1.82) is 0 Å². The summed E-state index contributed by atoms with van der Waals surface area (Å²) in [5.74, 6) is -0.143. The third kappa shape index (κ3) is 2.05. The van der Waals surface area contributed by atoms with Gasteiger partial charge in [0, 0.05) is 25.0 Å². The first kappa shape index (κ1) is 11.3. The predicted molar refractivity (Wildman–Crippen MR) is 64.4 cm³/mol. The molecule has 5 heteroatoms. The molecule has 1 heterocycles. The Morgan fingerprint density at radius 2 is 2.12 bits per heavy atom. The number of Topliss-reactive ketones (excluding diaryl/α,β-unsaturated/α-hetero) is 1. The Balaban J connectivity index is 2.50. The number of nitrogens with zero attached hydrogens (tertiary/aromatic N) is 2. The number of imidazole rings is 1. The van der Waals surface area contributed by atoms with Crippen LogP contribution in [0.4, 0.5) is 0 Å². The average Bonchev–Trinajstić information content (AvgIpc) is 2.69. The summed E-state index contributed by atoms with van der Waals surface area (Å²) in [7, 11) is 1.67. The van der Waals surface area contributed by atoms with Crippen LogP contribution < -0.4 is 11.4 Å². The van der Waals surface area contributed by atoms with Crippen molar-refractivity contribution in [1.82, 2.24) is 9.13 Å². The fraction of sp³-hybridized carbons (Fsp3) is 0.167. The second-order valence-corrected chi connectivity index (χ2v) is 3.74. The Labute approximate surface area is 98.1 Å². The number of rotatable bonds is 3. The fourth-order valence-corrected chi connectivity index (χ4v) is 1.61. The number of aromatic nitrogens is 2. The van der Waals surface area contributed by atoms with Crippen molar-refractivity contribution in [2.45, 2.75) is 0 Å². The van der Waals surface area contributed by atoms with Gasteiger partial charge in [-0.25, -0.2) is 4.79 Å². The topological polar surface area (TPSA) is 70.0 Å². The zero-order valence-corrected chi connectivity index (χ0v) is 9.46. The van der Waals surface area contributed by atoms with E-state index in [0.29, 0.717) is 11.3 Å². The molecule has 0 aliphatic heterocycles. The van der Waals surface area contributed by atoms with E-state index in [-0.39, 0.29) is 18.0 Å². The number of aryl methyl sites for hydroxylation is 1. The lowest BCUT2D eigenvalue weighted by Crippen LogP contribution is -2.21. The van der Waals surface area contributed by atoms with E-state index in [0.717, 1.165) is 0 Å². The third-order valence-corrected chi connectivity index (χ3v) is 2.58. The molecule has 0 aliphatic carbocycles. The first-order valence-electron chi connectivity index (χ1n) is 5.21. The lowest BCUT2D eigenvalue weighted by Gasteiger charge is -2.03. The Morgan fingerprint density at radius 1 is 1.35 bits per heavy atom. The van der Waals surface area contributed by atoms with Gasteiger partial charge in [-0.1, -0.05) is 12.1 Å². The third-order valence-electron chi connectivity index (χ3n) is 2.58. The lowest BCUT2D eigenvalue weighted by atomic mass is 10.1. The van der Waals surface area contributed by atoms with E-state index < -0.39 is 0 Å². The van der Waals surface area contributed by atoms with Crippen LogP contribution >= 0.6 is 0 Å². The minimum absolute atomic E-state index is 0.0346. The molecular weight excluding hydrogens is 218 g/mol. The standard InChI is InChI=1S/C12H13N3O2/c1-14-5-6-15(12(14)17)10-4-2-3-9(7-10)11(16)8-13/h2-7H,8,13H2,1H3. The van der Waals surface area contributed by atoms with Gasteiger partial charge in [-0.2, -0.15) is 0 Å². The van der Waals surface area contributed by atoms with E-state index in [1.165, 1.54) is 9.13 Å². The smallest absolute Gasteiger partial charge is 0.324 e. The summed E-state index contributed by atoms with van der Waals surface area (Å²) >= 11 is 0. The van der Waals surface area contributed by atoms with Crippen molar-refractivity contribution in [2.24, 2.45) is 12.8 Å². The molecule has 0 radical (unpaired) electrons. The zero-order valence-electron chi connectivity index (χ0n) is 9.46. The van der Waals surface area contributed by atoms with Gasteiger partial charge < -0.3 is 10.3 Å². The number of benzene rings is 1. The lowest BCUT2D eigenvalue weighted by molar-refractivity contribution is 0.100. The van der Waals surface area contributed by atoms with Crippen molar-refractivity contribution >= 4 is 5.78 Å². The van der Waals surface area contributed by atoms with Crippen molar-refractivity contribution in [3.8, 4) is 5.69 Å². The van der Waals surface area contributed by atoms with Crippen molar-refractivity contribution < 1.29 is 4.79 Å². The van der Waals surface area contributed by atoms with Gasteiger partial charge in [-0.3, -0.25) is 9.36 Å². The Hall–Kier alpha value is -2.14. The molecule has 1 aromatic carbocycles. The SMILES string of the molecule is Cn1ccn(-c2cccc(C(=O)CN)c2)c1=O. The van der Waals surface area contributed by atoms with Gasteiger partial charge in [-0.15, -0.1) is 0 Å². The first-order chi connectivity index (χ1) is 8.13. The number of carbonyl (C=O) groups is 1. The van der Waals surface area contributed by atoms with Gasteiger partial charge >= 0.3 is 5.69 Å². The number of ketones is 1. The molecule has 0 saturated heterocycles. The van der Waals surface area contributed by atoms with E-state index in [9.17, 15) is 9.59 Å². The molecule has 0 atom stereocenters. The van der Waals surface area contributed by atoms with Crippen LogP contribution in [0.3, 0.4) is 0 Å². The summed E-state index contributed by atoms with van der Waals surface area (Å²) in [6.07, 6.45) is 3.33. The molecule has 0 amide bonds. The molecule has 0 aliphatic rings. The summed E-state index contributed by atoms with van der Waals surface area (Å²) in [4.78, 5) is 23.2. The monoisotopic (exact) mass is 231 g/mol. The van der Waals surface area contributed by atoms with Crippen LogP contribution in [-0.2, 0) is 7.05 Å². The molecular formula is C12H13N3O2. The summed E-state index contributed by atoms with van der Waals surface area (Å²) in [6.45, 7) is -0.0346. The minimum Gasteiger partial charge on any atom is -0.324 e. The van der Waals surface area contributed by atoms with Crippen molar-refractivity contribution in [2.75, 3.05) is 6.54 Å².